The van der Waals surface area contributed by atoms with Crippen molar-refractivity contribution in [1.29, 1.82) is 0 Å². The number of hydrogen-bond acceptors (Lipinski definition) is 9. The number of esters is 2. The molecule has 1 unspecified atom stereocenters. The van der Waals surface area contributed by atoms with E-state index in [2.05, 4.69) is 14.2 Å². The molecule has 3 rings (SSSR count). The molecule has 2 aromatic carbocycles. The normalized spacial score (nSPS) is 12.7. The third-order valence-corrected chi connectivity index (χ3v) is 6.55. The number of nitrogens with zero attached hydrogens (tertiary/aromatic N) is 2. The van der Waals surface area contributed by atoms with Crippen molar-refractivity contribution in [3.05, 3.63) is 65.9 Å². The molecule has 210 valence electrons. The highest BCUT2D eigenvalue weighted by atomic mass is 32.2. The first-order valence-corrected chi connectivity index (χ1v) is 13.6. The standard InChI is InChI=1S/C28H35N3O7S/c1-27(2,3)26(34)38-18-37-25(33)21-9-10-23-19(15-21)11-13-31(23)14-12-28(4,5)29-17-24(32)20-7-6-8-22(16-20)30-39(35)36/h6-11,13,15-16,24,29,32H,12,14,17-18H2,1-5H3. The van der Waals surface area contributed by atoms with E-state index >= 15 is 0 Å². The number of benzene rings is 2. The number of nitrogens with one attached hydrogen (secondary N) is 1. The molecule has 0 amide bonds. The molecule has 3 aromatic rings. The molecule has 0 bridgehead atoms. The minimum atomic E-state index is -2.56. The van der Waals surface area contributed by atoms with Crippen molar-refractivity contribution < 1.29 is 32.6 Å². The summed E-state index contributed by atoms with van der Waals surface area (Å²) in [6.45, 7) is 9.77. The summed E-state index contributed by atoms with van der Waals surface area (Å²) in [6.07, 6.45) is 1.86. The molecular weight excluding hydrogens is 522 g/mol. The van der Waals surface area contributed by atoms with Gasteiger partial charge in [-0.3, -0.25) is 4.79 Å². The Labute approximate surface area is 229 Å². The number of carbonyl (C=O) groups is 2. The number of aliphatic hydroxyl groups is 1. The Bertz CT molecular complexity index is 1460. The van der Waals surface area contributed by atoms with E-state index in [0.717, 1.165) is 17.3 Å². The lowest BCUT2D eigenvalue weighted by Gasteiger charge is -2.28. The molecule has 0 saturated heterocycles. The first-order chi connectivity index (χ1) is 18.2. The second-order valence-electron chi connectivity index (χ2n) is 10.9. The molecule has 0 aliphatic rings. The fourth-order valence-electron chi connectivity index (χ4n) is 3.81. The van der Waals surface area contributed by atoms with Gasteiger partial charge < -0.3 is 24.5 Å². The maximum absolute atomic E-state index is 12.4. The van der Waals surface area contributed by atoms with Crippen LogP contribution < -0.4 is 5.32 Å². The minimum absolute atomic E-state index is 0.263. The number of aromatic nitrogens is 1. The average molecular weight is 558 g/mol. The van der Waals surface area contributed by atoms with Gasteiger partial charge in [0, 0.05) is 35.7 Å². The van der Waals surface area contributed by atoms with Crippen molar-refractivity contribution >= 4 is 39.0 Å². The number of rotatable bonds is 11. The maximum atomic E-state index is 12.4. The van der Waals surface area contributed by atoms with Crippen LogP contribution in [-0.2, 0) is 31.3 Å². The van der Waals surface area contributed by atoms with E-state index in [-0.39, 0.29) is 17.8 Å². The van der Waals surface area contributed by atoms with E-state index in [1.165, 1.54) is 0 Å². The SMILES string of the molecule is CC(C)(CCn1ccc2cc(C(=O)OCOC(=O)C(C)(C)C)ccc21)NCC(O)c1cccc(N=S(=O)=O)c1. The fraction of sp³-hybridized carbons (Fsp3) is 0.429. The van der Waals surface area contributed by atoms with Crippen LogP contribution in [0.25, 0.3) is 10.9 Å². The van der Waals surface area contributed by atoms with Crippen LogP contribution in [0, 0.1) is 5.41 Å². The molecule has 0 aliphatic heterocycles. The largest absolute Gasteiger partial charge is 0.427 e. The van der Waals surface area contributed by atoms with Gasteiger partial charge in [0.05, 0.1) is 22.8 Å². The highest BCUT2D eigenvalue weighted by Crippen LogP contribution is 2.23. The van der Waals surface area contributed by atoms with Gasteiger partial charge in [0.25, 0.3) is 0 Å². The van der Waals surface area contributed by atoms with Crippen molar-refractivity contribution in [1.82, 2.24) is 9.88 Å². The molecule has 0 aliphatic carbocycles. The predicted octanol–water partition coefficient (Wildman–Crippen LogP) is 4.53. The van der Waals surface area contributed by atoms with Crippen molar-refractivity contribution in [3.8, 4) is 0 Å². The lowest BCUT2D eigenvalue weighted by atomic mass is 9.98. The Morgan fingerprint density at radius 1 is 1.05 bits per heavy atom. The smallest absolute Gasteiger partial charge is 0.341 e. The van der Waals surface area contributed by atoms with Gasteiger partial charge in [-0.1, -0.05) is 12.1 Å². The van der Waals surface area contributed by atoms with Crippen molar-refractivity contribution in [3.63, 3.8) is 0 Å². The first kappa shape index (κ1) is 30.0. The predicted molar refractivity (Wildman–Crippen MR) is 147 cm³/mol. The fourth-order valence-corrected chi connectivity index (χ4v) is 4.10. The van der Waals surface area contributed by atoms with E-state index in [4.69, 9.17) is 9.47 Å². The molecule has 1 atom stereocenters. The number of fused-ring (bicyclic) bond motifs is 1. The Kier molecular flexibility index (Phi) is 9.65. The van der Waals surface area contributed by atoms with E-state index < -0.39 is 40.8 Å². The lowest BCUT2D eigenvalue weighted by molar-refractivity contribution is -0.161. The molecule has 0 fully saturated rings. The van der Waals surface area contributed by atoms with Crippen LogP contribution in [-0.4, -0.2) is 48.9 Å². The third-order valence-electron chi connectivity index (χ3n) is 6.19. The second kappa shape index (κ2) is 12.5. The third kappa shape index (κ3) is 8.74. The van der Waals surface area contributed by atoms with E-state index in [9.17, 15) is 23.1 Å². The van der Waals surface area contributed by atoms with Crippen molar-refractivity contribution in [2.45, 2.75) is 59.2 Å². The van der Waals surface area contributed by atoms with Gasteiger partial charge in [-0.2, -0.15) is 8.42 Å². The van der Waals surface area contributed by atoms with Gasteiger partial charge >= 0.3 is 22.4 Å². The van der Waals surface area contributed by atoms with Crippen LogP contribution >= 0.6 is 0 Å². The van der Waals surface area contributed by atoms with Crippen LogP contribution in [0.3, 0.4) is 0 Å². The molecular formula is C28H35N3O7S. The average Bonchev–Trinajstić information content (AvgIpc) is 3.27. The summed E-state index contributed by atoms with van der Waals surface area (Å²) < 4.78 is 37.3. The monoisotopic (exact) mass is 557 g/mol. The Morgan fingerprint density at radius 3 is 2.49 bits per heavy atom. The number of hydrogen-bond donors (Lipinski definition) is 2. The number of aryl methyl sites for hydroxylation is 1. The van der Waals surface area contributed by atoms with Crippen molar-refractivity contribution in [2.24, 2.45) is 9.78 Å². The van der Waals surface area contributed by atoms with Gasteiger partial charge in [0.15, 0.2) is 0 Å². The highest BCUT2D eigenvalue weighted by Gasteiger charge is 2.24. The number of aliphatic hydroxyl groups excluding tert-OH is 1. The van der Waals surface area contributed by atoms with Crippen LogP contribution in [0.1, 0.15) is 63.1 Å². The van der Waals surface area contributed by atoms with Gasteiger partial charge in [-0.05, 0) is 83.0 Å². The van der Waals surface area contributed by atoms with Crippen molar-refractivity contribution in [2.75, 3.05) is 13.3 Å². The quantitative estimate of drug-likeness (QED) is 0.259. The zero-order chi connectivity index (χ0) is 28.8. The summed E-state index contributed by atoms with van der Waals surface area (Å²) in [5, 5.41) is 14.9. The Morgan fingerprint density at radius 2 is 1.79 bits per heavy atom. The molecule has 1 aromatic heterocycles. The van der Waals surface area contributed by atoms with Gasteiger partial charge in [-0.25, -0.2) is 4.79 Å². The van der Waals surface area contributed by atoms with Gasteiger partial charge in [0.1, 0.15) is 0 Å². The number of β-amino-alcohol motifs (C(OH)–C–C–N with tert-alkyl or cyclic N) is 1. The summed E-state index contributed by atoms with van der Waals surface area (Å²) >= 11 is 0. The summed E-state index contributed by atoms with van der Waals surface area (Å²) in [5.41, 5.74) is 1.16. The molecule has 1 heterocycles. The molecule has 0 radical (unpaired) electrons. The van der Waals surface area contributed by atoms with E-state index in [0.29, 0.717) is 17.7 Å². The zero-order valence-electron chi connectivity index (χ0n) is 22.8. The first-order valence-electron chi connectivity index (χ1n) is 12.5. The van der Waals surface area contributed by atoms with Gasteiger partial charge in [-0.15, -0.1) is 4.36 Å². The highest BCUT2D eigenvalue weighted by molar-refractivity contribution is 7.61. The molecule has 0 spiro atoms. The molecule has 0 saturated carbocycles. The summed E-state index contributed by atoms with van der Waals surface area (Å²) in [6, 6.07) is 13.7. The maximum Gasteiger partial charge on any atom is 0.341 e. The van der Waals surface area contributed by atoms with Crippen LogP contribution in [0.15, 0.2) is 59.1 Å². The van der Waals surface area contributed by atoms with Gasteiger partial charge in [0.2, 0.25) is 6.79 Å². The second-order valence-corrected chi connectivity index (χ2v) is 11.6. The lowest BCUT2D eigenvalue weighted by Crippen LogP contribution is -2.42. The topological polar surface area (TPSA) is 136 Å². The van der Waals surface area contributed by atoms with Crippen LogP contribution in [0.5, 0.6) is 0 Å². The number of ether oxygens (including phenoxy) is 2. The van der Waals surface area contributed by atoms with E-state index in [1.807, 2.05) is 32.2 Å². The van der Waals surface area contributed by atoms with Crippen LogP contribution in [0.4, 0.5) is 5.69 Å². The number of carbonyl (C=O) groups excluding carboxylic acids is 2. The summed E-state index contributed by atoms with van der Waals surface area (Å²) in [5.74, 6) is -1.02. The molecule has 39 heavy (non-hydrogen) atoms. The summed E-state index contributed by atoms with van der Waals surface area (Å²) in [4.78, 5) is 24.2. The minimum Gasteiger partial charge on any atom is -0.427 e. The van der Waals surface area contributed by atoms with E-state index in [1.54, 1.807) is 57.2 Å². The molecule has 2 N–H and O–H groups in total. The van der Waals surface area contributed by atoms with Crippen LogP contribution in [0.2, 0.25) is 0 Å². The summed E-state index contributed by atoms with van der Waals surface area (Å²) in [7, 11) is -2.56. The molecule has 11 heteroatoms. The Hall–Kier alpha value is -3.54. The Balaban J connectivity index is 1.55. The zero-order valence-corrected chi connectivity index (χ0v) is 23.6. The molecule has 10 nitrogen and oxygen atoms in total.